The largest absolute Gasteiger partial charge is 0.434 e. The molecule has 0 amide bonds. The minimum atomic E-state index is -2.99. The first-order valence-electron chi connectivity index (χ1n) is 11.7. The quantitative estimate of drug-likeness (QED) is 0.387. The molecular formula is C26H24F3N5O2. The van der Waals surface area contributed by atoms with E-state index in [0.29, 0.717) is 48.5 Å². The summed E-state index contributed by atoms with van der Waals surface area (Å²) in [6.45, 7) is -0.00769. The lowest BCUT2D eigenvalue weighted by Gasteiger charge is -2.34. The smallest absolute Gasteiger partial charge is 0.387 e. The maximum absolute atomic E-state index is 14.5. The Hall–Kier alpha value is -3.95. The summed E-state index contributed by atoms with van der Waals surface area (Å²) in [4.78, 5) is 28.8. The monoisotopic (exact) mass is 495 g/mol. The Morgan fingerprint density at radius 3 is 2.56 bits per heavy atom. The van der Waals surface area contributed by atoms with Crippen molar-refractivity contribution in [1.29, 1.82) is 0 Å². The van der Waals surface area contributed by atoms with Crippen LogP contribution in [-0.2, 0) is 6.54 Å². The van der Waals surface area contributed by atoms with Gasteiger partial charge in [-0.3, -0.25) is 9.36 Å². The van der Waals surface area contributed by atoms with E-state index in [1.165, 1.54) is 29.1 Å². The minimum absolute atomic E-state index is 0.0108. The van der Waals surface area contributed by atoms with Crippen molar-refractivity contribution in [3.63, 3.8) is 0 Å². The van der Waals surface area contributed by atoms with Crippen LogP contribution in [0.4, 0.5) is 18.9 Å². The second-order valence-electron chi connectivity index (χ2n) is 8.74. The lowest BCUT2D eigenvalue weighted by atomic mass is 9.92. The van der Waals surface area contributed by atoms with Gasteiger partial charge in [0.1, 0.15) is 17.3 Å². The van der Waals surface area contributed by atoms with Crippen LogP contribution in [0.5, 0.6) is 5.75 Å². The van der Waals surface area contributed by atoms with E-state index in [4.69, 9.17) is 0 Å². The van der Waals surface area contributed by atoms with Gasteiger partial charge < -0.3 is 9.64 Å². The lowest BCUT2D eigenvalue weighted by Crippen LogP contribution is -2.37. The van der Waals surface area contributed by atoms with E-state index >= 15 is 0 Å². The number of aryl methyl sites for hydroxylation is 1. The molecule has 1 fully saturated rings. The molecule has 1 saturated heterocycles. The molecule has 1 aliphatic heterocycles. The molecule has 36 heavy (non-hydrogen) atoms. The molecule has 2 aromatic heterocycles. The maximum Gasteiger partial charge on any atom is 0.387 e. The molecule has 7 nitrogen and oxygen atoms in total. The van der Waals surface area contributed by atoms with Crippen LogP contribution in [0, 0.1) is 12.7 Å². The molecule has 186 valence electrons. The second-order valence-corrected chi connectivity index (χ2v) is 8.74. The van der Waals surface area contributed by atoms with Gasteiger partial charge in [-0.25, -0.2) is 19.3 Å². The van der Waals surface area contributed by atoms with Crippen molar-refractivity contribution in [1.82, 2.24) is 19.5 Å². The minimum Gasteiger partial charge on any atom is -0.434 e. The summed E-state index contributed by atoms with van der Waals surface area (Å²) < 4.78 is 46.4. The number of benzene rings is 2. The Morgan fingerprint density at radius 1 is 1.06 bits per heavy atom. The molecule has 0 saturated carbocycles. The van der Waals surface area contributed by atoms with Gasteiger partial charge in [-0.05, 0) is 37.5 Å². The molecule has 5 rings (SSSR count). The fourth-order valence-corrected chi connectivity index (χ4v) is 4.82. The highest BCUT2D eigenvalue weighted by Gasteiger charge is 2.28. The highest BCUT2D eigenvalue weighted by molar-refractivity contribution is 5.65. The van der Waals surface area contributed by atoms with Crippen LogP contribution in [-0.4, -0.2) is 39.2 Å². The third-order valence-electron chi connectivity index (χ3n) is 6.51. The Kier molecular flexibility index (Phi) is 6.58. The molecule has 2 aromatic carbocycles. The number of rotatable bonds is 6. The van der Waals surface area contributed by atoms with Crippen LogP contribution in [0.2, 0.25) is 0 Å². The van der Waals surface area contributed by atoms with Crippen molar-refractivity contribution < 1.29 is 17.9 Å². The molecule has 0 N–H and O–H groups in total. The third kappa shape index (κ3) is 4.62. The van der Waals surface area contributed by atoms with Gasteiger partial charge in [-0.15, -0.1) is 0 Å². The topological polar surface area (TPSA) is 73.1 Å². The number of ether oxygens (including phenoxy) is 1. The summed E-state index contributed by atoms with van der Waals surface area (Å²) in [7, 11) is 0. The SMILES string of the molecule is Cc1cccc(F)c1N1CCC(c2nc3nccnc3n(Cc3ccccc3OC(F)F)c2=O)CC1. The van der Waals surface area contributed by atoms with Gasteiger partial charge in [0.2, 0.25) is 0 Å². The zero-order chi connectivity index (χ0) is 25.2. The van der Waals surface area contributed by atoms with Crippen LogP contribution in [0.25, 0.3) is 11.3 Å². The van der Waals surface area contributed by atoms with Crippen molar-refractivity contribution in [2.45, 2.75) is 38.8 Å². The maximum atomic E-state index is 14.5. The lowest BCUT2D eigenvalue weighted by molar-refractivity contribution is -0.0504. The van der Waals surface area contributed by atoms with Crippen molar-refractivity contribution in [2.24, 2.45) is 0 Å². The summed E-state index contributed by atoms with van der Waals surface area (Å²) >= 11 is 0. The predicted octanol–water partition coefficient (Wildman–Crippen LogP) is 4.67. The molecule has 0 bridgehead atoms. The predicted molar refractivity (Wildman–Crippen MR) is 129 cm³/mol. The van der Waals surface area contributed by atoms with E-state index in [1.54, 1.807) is 24.3 Å². The number of piperidine rings is 1. The van der Waals surface area contributed by atoms with Crippen LogP contribution in [0.3, 0.4) is 0 Å². The number of para-hydroxylation sites is 2. The zero-order valence-corrected chi connectivity index (χ0v) is 19.6. The first-order valence-corrected chi connectivity index (χ1v) is 11.7. The molecule has 0 aliphatic carbocycles. The molecule has 4 aromatic rings. The number of aromatic nitrogens is 4. The fraction of sp³-hybridized carbons (Fsp3) is 0.308. The van der Waals surface area contributed by atoms with Gasteiger partial charge in [0.05, 0.1) is 12.2 Å². The van der Waals surface area contributed by atoms with Crippen LogP contribution in [0.15, 0.2) is 59.7 Å². The Labute approximate surface area is 205 Å². The summed E-state index contributed by atoms with van der Waals surface area (Å²) in [5.74, 6) is -0.436. The molecule has 0 radical (unpaired) electrons. The van der Waals surface area contributed by atoms with Gasteiger partial charge in [0.25, 0.3) is 5.56 Å². The van der Waals surface area contributed by atoms with Crippen LogP contribution < -0.4 is 15.2 Å². The first-order chi connectivity index (χ1) is 17.4. The highest BCUT2D eigenvalue weighted by atomic mass is 19.3. The van der Waals surface area contributed by atoms with Gasteiger partial charge in [0.15, 0.2) is 11.3 Å². The van der Waals surface area contributed by atoms with E-state index in [9.17, 15) is 18.0 Å². The molecule has 3 heterocycles. The summed E-state index contributed by atoms with van der Waals surface area (Å²) in [5, 5.41) is 0. The van der Waals surface area contributed by atoms with E-state index in [-0.39, 0.29) is 35.2 Å². The van der Waals surface area contributed by atoms with Crippen molar-refractivity contribution in [2.75, 3.05) is 18.0 Å². The van der Waals surface area contributed by atoms with Gasteiger partial charge in [0, 0.05) is 37.0 Å². The van der Waals surface area contributed by atoms with Crippen LogP contribution in [0.1, 0.15) is 35.6 Å². The zero-order valence-electron chi connectivity index (χ0n) is 19.6. The molecular weight excluding hydrogens is 471 g/mol. The van der Waals surface area contributed by atoms with Crippen molar-refractivity contribution in [3.05, 3.63) is 87.9 Å². The fourth-order valence-electron chi connectivity index (χ4n) is 4.82. The highest BCUT2D eigenvalue weighted by Crippen LogP contribution is 2.32. The van der Waals surface area contributed by atoms with Gasteiger partial charge in [-0.2, -0.15) is 8.78 Å². The second kappa shape index (κ2) is 9.96. The normalized spacial score (nSPS) is 14.5. The number of halogens is 3. The molecule has 0 spiro atoms. The average molecular weight is 496 g/mol. The Bertz CT molecular complexity index is 1430. The van der Waals surface area contributed by atoms with E-state index < -0.39 is 6.61 Å². The van der Waals surface area contributed by atoms with E-state index in [0.717, 1.165) is 5.56 Å². The third-order valence-corrected chi connectivity index (χ3v) is 6.51. The number of fused-ring (bicyclic) bond motifs is 1. The summed E-state index contributed by atoms with van der Waals surface area (Å²) in [5.41, 5.74) is 2.41. The first kappa shape index (κ1) is 23.8. The summed E-state index contributed by atoms with van der Waals surface area (Å²) in [6.07, 6.45) is 4.15. The number of hydrogen-bond donors (Lipinski definition) is 0. The Morgan fingerprint density at radius 2 is 1.81 bits per heavy atom. The summed E-state index contributed by atoms with van der Waals surface area (Å²) in [6, 6.07) is 11.4. The standard InChI is InChI=1S/C26H24F3N5O2/c1-16-5-4-7-19(27)22(16)33-13-9-17(10-14-33)21-25(35)34(24-23(32-21)30-11-12-31-24)15-18-6-2-3-8-20(18)36-26(28)29/h2-8,11-12,17,26H,9-10,13-15H2,1H3. The number of alkyl halides is 2. The van der Waals surface area contributed by atoms with E-state index in [1.807, 2.05) is 17.9 Å². The van der Waals surface area contributed by atoms with Crippen molar-refractivity contribution >= 4 is 17.0 Å². The Balaban J connectivity index is 1.48. The number of hydrogen-bond acceptors (Lipinski definition) is 6. The molecule has 0 atom stereocenters. The number of nitrogens with zero attached hydrogens (tertiary/aromatic N) is 5. The molecule has 1 aliphatic rings. The van der Waals surface area contributed by atoms with Gasteiger partial charge >= 0.3 is 6.61 Å². The van der Waals surface area contributed by atoms with Gasteiger partial charge in [-0.1, -0.05) is 30.3 Å². The number of anilines is 1. The average Bonchev–Trinajstić information content (AvgIpc) is 2.87. The van der Waals surface area contributed by atoms with E-state index in [2.05, 4.69) is 19.7 Å². The molecule has 10 heteroatoms. The molecule has 0 unspecified atom stereocenters. The van der Waals surface area contributed by atoms with Crippen molar-refractivity contribution in [3.8, 4) is 5.75 Å². The van der Waals surface area contributed by atoms with Crippen LogP contribution >= 0.6 is 0 Å².